The fraction of sp³-hybridized carbons (Fsp3) is 0.316. The lowest BCUT2D eigenvalue weighted by molar-refractivity contribution is -0.138. The second kappa shape index (κ2) is 9.28. The predicted molar refractivity (Wildman–Crippen MR) is 112 cm³/mol. The van der Waals surface area contributed by atoms with Gasteiger partial charge in [0.2, 0.25) is 11.8 Å². The van der Waals surface area contributed by atoms with Crippen LogP contribution in [-0.2, 0) is 17.5 Å². The summed E-state index contributed by atoms with van der Waals surface area (Å²) in [5.74, 6) is 0.450. The van der Waals surface area contributed by atoms with Crippen molar-refractivity contribution in [3.05, 3.63) is 47.3 Å². The fourth-order valence-electron chi connectivity index (χ4n) is 2.90. The zero-order chi connectivity index (χ0) is 22.7. The number of alkyl halides is 3. The molecule has 0 saturated heterocycles. The molecule has 0 aliphatic carbocycles. The molecule has 0 aliphatic rings. The second-order valence-electron chi connectivity index (χ2n) is 6.71. The van der Waals surface area contributed by atoms with Gasteiger partial charge in [0.25, 0.3) is 5.89 Å². The van der Waals surface area contributed by atoms with Gasteiger partial charge in [-0.3, -0.25) is 9.20 Å². The van der Waals surface area contributed by atoms with Crippen molar-refractivity contribution in [2.24, 2.45) is 0 Å². The van der Waals surface area contributed by atoms with Gasteiger partial charge < -0.3 is 9.32 Å². The molecule has 0 atom stereocenters. The van der Waals surface area contributed by atoms with Gasteiger partial charge in [-0.05, 0) is 30.0 Å². The number of nitrogens with zero attached hydrogens (tertiary/aromatic N) is 6. The summed E-state index contributed by atoms with van der Waals surface area (Å²) >= 11 is 2.49. The first-order valence-electron chi connectivity index (χ1n) is 9.54. The van der Waals surface area contributed by atoms with E-state index in [4.69, 9.17) is 4.42 Å². The summed E-state index contributed by atoms with van der Waals surface area (Å²) in [7, 11) is 0. The SMILES string of the molecule is CCCN(Cc1nnc(-c2cccs2)o1)C(=O)CSc1nnc2ccc(C(F)(F)F)cn12. The van der Waals surface area contributed by atoms with Gasteiger partial charge in [-0.15, -0.1) is 31.7 Å². The van der Waals surface area contributed by atoms with Gasteiger partial charge in [0, 0.05) is 12.7 Å². The molecular formula is C19H17F3N6O2S2. The van der Waals surface area contributed by atoms with Gasteiger partial charge in [-0.2, -0.15) is 13.2 Å². The summed E-state index contributed by atoms with van der Waals surface area (Å²) < 4.78 is 45.9. The van der Waals surface area contributed by atoms with E-state index in [1.807, 2.05) is 24.4 Å². The number of hydrogen-bond donors (Lipinski definition) is 0. The van der Waals surface area contributed by atoms with E-state index in [1.54, 1.807) is 4.90 Å². The van der Waals surface area contributed by atoms with Crippen LogP contribution in [0.4, 0.5) is 13.2 Å². The molecule has 0 N–H and O–H groups in total. The Labute approximate surface area is 188 Å². The van der Waals surface area contributed by atoms with E-state index in [2.05, 4.69) is 20.4 Å². The molecule has 13 heteroatoms. The van der Waals surface area contributed by atoms with Crippen LogP contribution in [0.25, 0.3) is 16.4 Å². The third-order valence-corrected chi connectivity index (χ3v) is 6.18. The first-order valence-corrected chi connectivity index (χ1v) is 11.4. The van der Waals surface area contributed by atoms with Crippen LogP contribution in [0.15, 0.2) is 45.4 Å². The van der Waals surface area contributed by atoms with Crippen molar-refractivity contribution >= 4 is 34.7 Å². The lowest BCUT2D eigenvalue weighted by Gasteiger charge is -2.19. The zero-order valence-corrected chi connectivity index (χ0v) is 18.4. The minimum atomic E-state index is -4.49. The van der Waals surface area contributed by atoms with Crippen LogP contribution in [0, 0.1) is 0 Å². The molecule has 0 spiro atoms. The van der Waals surface area contributed by atoms with Gasteiger partial charge in [-0.25, -0.2) is 0 Å². The number of amides is 1. The van der Waals surface area contributed by atoms with Gasteiger partial charge >= 0.3 is 6.18 Å². The second-order valence-corrected chi connectivity index (χ2v) is 8.60. The van der Waals surface area contributed by atoms with Crippen molar-refractivity contribution in [2.45, 2.75) is 31.2 Å². The third-order valence-electron chi connectivity index (χ3n) is 4.39. The Morgan fingerprint density at radius 3 is 2.78 bits per heavy atom. The van der Waals surface area contributed by atoms with Gasteiger partial charge in [-0.1, -0.05) is 24.8 Å². The van der Waals surface area contributed by atoms with Crippen molar-refractivity contribution in [2.75, 3.05) is 12.3 Å². The summed E-state index contributed by atoms with van der Waals surface area (Å²) in [6, 6.07) is 5.92. The molecule has 4 aromatic heterocycles. The molecule has 8 nitrogen and oxygen atoms in total. The molecule has 32 heavy (non-hydrogen) atoms. The first kappa shape index (κ1) is 22.3. The van der Waals surface area contributed by atoms with Crippen LogP contribution in [0.2, 0.25) is 0 Å². The fourth-order valence-corrected chi connectivity index (χ4v) is 4.36. The summed E-state index contributed by atoms with van der Waals surface area (Å²) in [5, 5.41) is 17.9. The maximum absolute atomic E-state index is 13.0. The first-order chi connectivity index (χ1) is 15.3. The maximum Gasteiger partial charge on any atom is 0.417 e. The molecule has 1 amide bonds. The number of carbonyl (C=O) groups excluding carboxylic acids is 1. The van der Waals surface area contributed by atoms with E-state index in [1.165, 1.54) is 21.8 Å². The molecule has 4 heterocycles. The van der Waals surface area contributed by atoms with Crippen LogP contribution in [0.1, 0.15) is 24.8 Å². The monoisotopic (exact) mass is 482 g/mol. The Bertz CT molecular complexity index is 1210. The van der Waals surface area contributed by atoms with Crippen LogP contribution < -0.4 is 0 Å². The number of thioether (sulfide) groups is 1. The Morgan fingerprint density at radius 1 is 1.22 bits per heavy atom. The number of fused-ring (bicyclic) bond motifs is 1. The number of halogens is 3. The smallest absolute Gasteiger partial charge is 0.417 e. The van der Waals surface area contributed by atoms with E-state index in [-0.39, 0.29) is 29.0 Å². The van der Waals surface area contributed by atoms with Crippen molar-refractivity contribution in [3.63, 3.8) is 0 Å². The number of pyridine rings is 1. The van der Waals surface area contributed by atoms with Crippen LogP contribution in [0.3, 0.4) is 0 Å². The molecular weight excluding hydrogens is 465 g/mol. The Morgan fingerprint density at radius 2 is 2.06 bits per heavy atom. The van der Waals surface area contributed by atoms with Gasteiger partial charge in [0.05, 0.1) is 22.7 Å². The highest BCUT2D eigenvalue weighted by Gasteiger charge is 2.31. The normalized spacial score (nSPS) is 11.9. The maximum atomic E-state index is 13.0. The topological polar surface area (TPSA) is 89.4 Å². The number of carbonyl (C=O) groups is 1. The highest BCUT2D eigenvalue weighted by Crippen LogP contribution is 2.30. The quantitative estimate of drug-likeness (QED) is 0.344. The molecule has 0 aromatic carbocycles. The minimum absolute atomic E-state index is 0.0248. The van der Waals surface area contributed by atoms with E-state index >= 15 is 0 Å². The third kappa shape index (κ3) is 4.93. The number of hydrogen-bond acceptors (Lipinski definition) is 8. The van der Waals surface area contributed by atoms with Crippen molar-refractivity contribution in [3.8, 4) is 10.8 Å². The lowest BCUT2D eigenvalue weighted by atomic mass is 10.3. The predicted octanol–water partition coefficient (Wildman–Crippen LogP) is 4.39. The molecule has 0 aliphatic heterocycles. The summed E-state index contributed by atoms with van der Waals surface area (Å²) in [5.41, 5.74) is -0.547. The zero-order valence-electron chi connectivity index (χ0n) is 16.7. The molecule has 0 radical (unpaired) electrons. The van der Waals surface area contributed by atoms with E-state index < -0.39 is 11.7 Å². The Kier molecular flexibility index (Phi) is 6.46. The van der Waals surface area contributed by atoms with E-state index in [0.29, 0.717) is 24.7 Å². The molecule has 0 fully saturated rings. The number of rotatable bonds is 8. The highest BCUT2D eigenvalue weighted by molar-refractivity contribution is 7.99. The highest BCUT2D eigenvalue weighted by atomic mass is 32.2. The number of thiophene rings is 1. The van der Waals surface area contributed by atoms with E-state index in [9.17, 15) is 18.0 Å². The summed E-state index contributed by atoms with van der Waals surface area (Å²) in [4.78, 5) is 15.2. The molecule has 0 unspecified atom stereocenters. The molecule has 0 saturated carbocycles. The Balaban J connectivity index is 1.44. The number of aromatic nitrogens is 5. The van der Waals surface area contributed by atoms with Crippen molar-refractivity contribution < 1.29 is 22.4 Å². The lowest BCUT2D eigenvalue weighted by Crippen LogP contribution is -2.32. The van der Waals surface area contributed by atoms with Gasteiger partial charge in [0.15, 0.2) is 10.8 Å². The van der Waals surface area contributed by atoms with Crippen LogP contribution >= 0.6 is 23.1 Å². The van der Waals surface area contributed by atoms with E-state index in [0.717, 1.165) is 28.9 Å². The minimum Gasteiger partial charge on any atom is -0.418 e. The standard InChI is InChI=1S/C19H17F3N6O2S2/c1-2-7-27(10-15-24-25-17(30-15)13-4-3-8-31-13)16(29)11-32-18-26-23-14-6-5-12(9-28(14)18)19(20,21)22/h3-6,8-9H,2,7,10-11H2,1H3. The average molecular weight is 483 g/mol. The summed E-state index contributed by atoms with van der Waals surface area (Å²) in [6.07, 6.45) is -2.85. The van der Waals surface area contributed by atoms with Crippen LogP contribution in [-0.4, -0.2) is 47.9 Å². The molecule has 4 rings (SSSR count). The largest absolute Gasteiger partial charge is 0.418 e. The summed E-state index contributed by atoms with van der Waals surface area (Å²) in [6.45, 7) is 2.54. The van der Waals surface area contributed by atoms with Crippen molar-refractivity contribution in [1.82, 2.24) is 29.7 Å². The molecule has 0 bridgehead atoms. The molecule has 168 valence electrons. The molecule has 4 aromatic rings. The average Bonchev–Trinajstić information content (AvgIpc) is 3.51. The van der Waals surface area contributed by atoms with Gasteiger partial charge in [0.1, 0.15) is 0 Å². The van der Waals surface area contributed by atoms with Crippen molar-refractivity contribution in [1.29, 1.82) is 0 Å². The van der Waals surface area contributed by atoms with Crippen LogP contribution in [0.5, 0.6) is 0 Å². The Hall–Kier alpha value is -2.93.